The van der Waals surface area contributed by atoms with Crippen LogP contribution in [0.2, 0.25) is 0 Å². The Morgan fingerprint density at radius 1 is 0.897 bits per heavy atom. The van der Waals surface area contributed by atoms with Gasteiger partial charge in [0.2, 0.25) is 17.7 Å². The second-order valence-corrected chi connectivity index (χ2v) is 7.83. The lowest BCUT2D eigenvalue weighted by molar-refractivity contribution is -0.143. The first-order chi connectivity index (χ1) is 13.4. The van der Waals surface area contributed by atoms with Crippen molar-refractivity contribution in [3.05, 3.63) is 0 Å². The van der Waals surface area contributed by atoms with Gasteiger partial charge in [0.25, 0.3) is 0 Å². The Kier molecular flexibility index (Phi) is 11.9. The third-order valence-electron chi connectivity index (χ3n) is 4.01. The monoisotopic (exact) mass is 434 g/mol. The molecule has 0 aromatic carbocycles. The van der Waals surface area contributed by atoms with Gasteiger partial charge < -0.3 is 31.9 Å². The minimum absolute atomic E-state index is 0.134. The van der Waals surface area contributed by atoms with Crippen molar-refractivity contribution >= 4 is 41.4 Å². The highest BCUT2D eigenvalue weighted by Gasteiger charge is 2.30. The molecular weight excluding hydrogens is 404 g/mol. The molecule has 4 unspecified atom stereocenters. The maximum absolute atomic E-state index is 12.4. The summed E-state index contributed by atoms with van der Waals surface area (Å²) in [5.41, 5.74) is 5.70. The summed E-state index contributed by atoms with van der Waals surface area (Å²) in [6, 6.07) is -4.64. The maximum atomic E-state index is 12.4. The molecule has 12 heteroatoms. The molecule has 0 aliphatic rings. The van der Waals surface area contributed by atoms with Gasteiger partial charge in [-0.25, -0.2) is 4.79 Å². The lowest BCUT2D eigenvalue weighted by Crippen LogP contribution is -2.57. The molecule has 0 heterocycles. The zero-order chi connectivity index (χ0) is 22.7. The van der Waals surface area contributed by atoms with E-state index in [1.54, 1.807) is 20.1 Å². The summed E-state index contributed by atoms with van der Waals surface area (Å²) in [4.78, 5) is 59.0. The van der Waals surface area contributed by atoms with Crippen LogP contribution in [-0.4, -0.2) is 76.0 Å². The van der Waals surface area contributed by atoms with E-state index < -0.39 is 60.2 Å². The fourth-order valence-electron chi connectivity index (χ4n) is 2.12. The van der Waals surface area contributed by atoms with E-state index >= 15 is 0 Å². The summed E-state index contributed by atoms with van der Waals surface area (Å²) in [6.45, 7) is 4.82. The van der Waals surface area contributed by atoms with E-state index in [1.807, 2.05) is 0 Å². The van der Waals surface area contributed by atoms with Crippen molar-refractivity contribution in [2.75, 3.05) is 12.0 Å². The number of carboxylic acids is 2. The zero-order valence-electron chi connectivity index (χ0n) is 16.9. The average Bonchev–Trinajstić information content (AvgIpc) is 2.62. The van der Waals surface area contributed by atoms with Crippen molar-refractivity contribution in [3.63, 3.8) is 0 Å². The van der Waals surface area contributed by atoms with Crippen molar-refractivity contribution in [1.82, 2.24) is 16.0 Å². The van der Waals surface area contributed by atoms with Crippen LogP contribution in [0.5, 0.6) is 0 Å². The van der Waals surface area contributed by atoms with Gasteiger partial charge in [-0.3, -0.25) is 19.2 Å². The first kappa shape index (κ1) is 26.7. The van der Waals surface area contributed by atoms with Gasteiger partial charge in [-0.1, -0.05) is 13.8 Å². The number of amides is 3. The van der Waals surface area contributed by atoms with Crippen LogP contribution in [-0.2, 0) is 24.0 Å². The van der Waals surface area contributed by atoms with E-state index in [0.29, 0.717) is 5.75 Å². The van der Waals surface area contributed by atoms with Crippen LogP contribution in [0, 0.1) is 5.92 Å². The molecule has 0 aliphatic heterocycles. The van der Waals surface area contributed by atoms with E-state index in [0.717, 1.165) is 0 Å². The number of hydrogen-bond acceptors (Lipinski definition) is 7. The second-order valence-electron chi connectivity index (χ2n) is 6.84. The van der Waals surface area contributed by atoms with Gasteiger partial charge in [0, 0.05) is 0 Å². The average molecular weight is 435 g/mol. The summed E-state index contributed by atoms with van der Waals surface area (Å²) >= 11 is 1.39. The summed E-state index contributed by atoms with van der Waals surface area (Å²) in [7, 11) is 0. The lowest BCUT2D eigenvalue weighted by atomic mass is 10.0. The Morgan fingerprint density at radius 3 is 1.90 bits per heavy atom. The number of nitrogens with two attached hydrogens (primary N) is 1. The van der Waals surface area contributed by atoms with Crippen molar-refractivity contribution in [2.45, 2.75) is 57.8 Å². The Labute approximate surface area is 173 Å². The van der Waals surface area contributed by atoms with E-state index in [2.05, 4.69) is 16.0 Å². The predicted octanol–water partition coefficient (Wildman–Crippen LogP) is -1.24. The van der Waals surface area contributed by atoms with Crippen LogP contribution in [0.4, 0.5) is 0 Å². The summed E-state index contributed by atoms with van der Waals surface area (Å²) in [6.07, 6.45) is 1.16. The minimum Gasteiger partial charge on any atom is -0.481 e. The quantitative estimate of drug-likeness (QED) is 0.206. The zero-order valence-corrected chi connectivity index (χ0v) is 17.7. The van der Waals surface area contributed by atoms with Crippen LogP contribution in [0.3, 0.4) is 0 Å². The smallest absolute Gasteiger partial charge is 0.326 e. The molecule has 0 radical (unpaired) electrons. The van der Waals surface area contributed by atoms with Gasteiger partial charge >= 0.3 is 11.9 Å². The van der Waals surface area contributed by atoms with Crippen LogP contribution < -0.4 is 21.7 Å². The summed E-state index contributed by atoms with van der Waals surface area (Å²) in [5, 5.41) is 25.1. The van der Waals surface area contributed by atoms with E-state index in [-0.39, 0.29) is 12.3 Å². The highest BCUT2D eigenvalue weighted by atomic mass is 32.2. The molecule has 7 N–H and O–H groups in total. The molecule has 4 atom stereocenters. The van der Waals surface area contributed by atoms with Gasteiger partial charge in [-0.15, -0.1) is 0 Å². The van der Waals surface area contributed by atoms with Crippen LogP contribution >= 0.6 is 11.8 Å². The predicted molar refractivity (Wildman–Crippen MR) is 107 cm³/mol. The molecule has 0 aliphatic carbocycles. The third-order valence-corrected chi connectivity index (χ3v) is 4.65. The number of rotatable bonds is 13. The minimum atomic E-state index is -1.51. The first-order valence-corrected chi connectivity index (χ1v) is 10.4. The van der Waals surface area contributed by atoms with E-state index in [9.17, 15) is 29.1 Å². The first-order valence-electron chi connectivity index (χ1n) is 9.00. The van der Waals surface area contributed by atoms with E-state index in [1.165, 1.54) is 18.7 Å². The molecule has 0 spiro atoms. The third kappa shape index (κ3) is 10.1. The van der Waals surface area contributed by atoms with Gasteiger partial charge in [0.05, 0.1) is 12.5 Å². The number of hydrogen-bond donors (Lipinski definition) is 6. The standard InChI is InChI=1S/C17H30N4O7S/c1-8(2)13(18)16(26)19-9(3)14(24)21-11(7-12(22)23)15(25)20-10(17(27)28)5-6-29-4/h8-11,13H,5-7,18H2,1-4H3,(H,19,26)(H,20,25)(H,21,24)(H,22,23)(H,27,28). The highest BCUT2D eigenvalue weighted by Crippen LogP contribution is 2.04. The van der Waals surface area contributed by atoms with Gasteiger partial charge in [0.15, 0.2) is 0 Å². The second kappa shape index (κ2) is 13.0. The van der Waals surface area contributed by atoms with Gasteiger partial charge in [-0.05, 0) is 31.3 Å². The summed E-state index contributed by atoms with van der Waals surface area (Å²) < 4.78 is 0. The molecule has 0 bridgehead atoms. The molecule has 0 rings (SSSR count). The Hall–Kier alpha value is -2.34. The summed E-state index contributed by atoms with van der Waals surface area (Å²) in [5.74, 6) is -4.63. The molecule has 0 saturated carbocycles. The molecular formula is C17H30N4O7S. The number of carbonyl (C=O) groups excluding carboxylic acids is 3. The molecule has 0 aromatic rings. The van der Waals surface area contributed by atoms with Crippen molar-refractivity contribution in [2.24, 2.45) is 11.7 Å². The van der Waals surface area contributed by atoms with Crippen LogP contribution in [0.1, 0.15) is 33.6 Å². The number of aliphatic carboxylic acids is 2. The molecule has 0 fully saturated rings. The van der Waals surface area contributed by atoms with Crippen LogP contribution in [0.25, 0.3) is 0 Å². The fourth-order valence-corrected chi connectivity index (χ4v) is 2.60. The van der Waals surface area contributed by atoms with Crippen molar-refractivity contribution in [3.8, 4) is 0 Å². The normalized spacial score (nSPS) is 15.0. The van der Waals surface area contributed by atoms with Crippen molar-refractivity contribution < 1.29 is 34.2 Å². The lowest BCUT2D eigenvalue weighted by Gasteiger charge is -2.23. The molecule has 166 valence electrons. The number of nitrogens with one attached hydrogen (secondary N) is 3. The Balaban J connectivity index is 5.10. The molecule has 11 nitrogen and oxygen atoms in total. The maximum Gasteiger partial charge on any atom is 0.326 e. The van der Waals surface area contributed by atoms with Gasteiger partial charge in [-0.2, -0.15) is 11.8 Å². The van der Waals surface area contributed by atoms with E-state index in [4.69, 9.17) is 10.8 Å². The number of carbonyl (C=O) groups is 5. The Morgan fingerprint density at radius 2 is 1.45 bits per heavy atom. The molecule has 0 aromatic heterocycles. The van der Waals surface area contributed by atoms with Crippen molar-refractivity contribution in [1.29, 1.82) is 0 Å². The Bertz CT molecular complexity index is 615. The highest BCUT2D eigenvalue weighted by molar-refractivity contribution is 7.98. The van der Waals surface area contributed by atoms with Gasteiger partial charge in [0.1, 0.15) is 18.1 Å². The largest absolute Gasteiger partial charge is 0.481 e. The van der Waals surface area contributed by atoms with Crippen LogP contribution in [0.15, 0.2) is 0 Å². The topological polar surface area (TPSA) is 188 Å². The molecule has 29 heavy (non-hydrogen) atoms. The fraction of sp³-hybridized carbons (Fsp3) is 0.706. The number of thioether (sulfide) groups is 1. The molecule has 0 saturated heterocycles. The SMILES string of the molecule is CSCCC(NC(=O)C(CC(=O)O)NC(=O)C(C)NC(=O)C(N)C(C)C)C(=O)O. The number of carboxylic acid groups (broad SMARTS) is 2. The molecule has 3 amide bonds.